The van der Waals surface area contributed by atoms with E-state index in [0.29, 0.717) is 18.0 Å². The van der Waals surface area contributed by atoms with Gasteiger partial charge in [0.05, 0.1) is 23.8 Å². The first-order valence-corrected chi connectivity index (χ1v) is 12.3. The summed E-state index contributed by atoms with van der Waals surface area (Å²) in [5.41, 5.74) is -1.27. The number of carbonyl (C=O) groups excluding carboxylic acids is 1. The van der Waals surface area contributed by atoms with Crippen molar-refractivity contribution in [3.8, 4) is 5.75 Å². The van der Waals surface area contributed by atoms with Gasteiger partial charge in [0.1, 0.15) is 12.4 Å². The Bertz CT molecular complexity index is 1090. The van der Waals surface area contributed by atoms with Crippen LogP contribution in [0.15, 0.2) is 29.4 Å². The number of hydrogen-bond donors (Lipinski definition) is 1. The number of nitrogens with one attached hydrogen (secondary N) is 1. The molecule has 4 rings (SSSR count). The first-order chi connectivity index (χ1) is 16.0. The third-order valence-corrected chi connectivity index (χ3v) is 7.43. The Morgan fingerprint density at radius 3 is 2.65 bits per heavy atom. The molecule has 2 aromatic rings. The van der Waals surface area contributed by atoms with Gasteiger partial charge in [0.15, 0.2) is 4.80 Å². The van der Waals surface area contributed by atoms with Gasteiger partial charge in [0, 0.05) is 23.7 Å². The van der Waals surface area contributed by atoms with Gasteiger partial charge in [0.2, 0.25) is 0 Å². The number of carbonyl (C=O) groups is 1. The molecule has 0 unspecified atom stereocenters. The Kier molecular flexibility index (Phi) is 7.21. The van der Waals surface area contributed by atoms with Gasteiger partial charge in [-0.1, -0.05) is 20.8 Å². The van der Waals surface area contributed by atoms with Crippen LogP contribution in [-0.4, -0.2) is 42.4 Å². The number of ether oxygens (including phenoxy) is 2. The molecule has 0 bridgehead atoms. The summed E-state index contributed by atoms with van der Waals surface area (Å²) in [6, 6.07) is 3.10. The third-order valence-electron chi connectivity index (χ3n) is 5.98. The number of halogens is 3. The number of rotatable bonds is 6. The summed E-state index contributed by atoms with van der Waals surface area (Å²) in [5.74, 6) is -0.653. The summed E-state index contributed by atoms with van der Waals surface area (Å²) in [6.07, 6.45) is 0.228. The zero-order valence-electron chi connectivity index (χ0n) is 19.6. The van der Waals surface area contributed by atoms with Crippen molar-refractivity contribution in [3.05, 3.63) is 45.2 Å². The largest absolute Gasteiger partial charge is 0.491 e. The van der Waals surface area contributed by atoms with Crippen LogP contribution in [0.1, 0.15) is 60.8 Å². The average molecular weight is 498 g/mol. The highest BCUT2D eigenvalue weighted by atomic mass is 32.1. The summed E-state index contributed by atoms with van der Waals surface area (Å²) < 4.78 is 53.5. The topological polar surface area (TPSA) is 64.9 Å². The molecule has 2 fully saturated rings. The molecule has 1 N–H and O–H groups in total. The lowest BCUT2D eigenvalue weighted by atomic mass is 9.95. The van der Waals surface area contributed by atoms with Gasteiger partial charge < -0.3 is 19.4 Å². The third kappa shape index (κ3) is 5.90. The molecule has 34 heavy (non-hydrogen) atoms. The molecule has 0 radical (unpaired) electrons. The number of hydrogen-bond acceptors (Lipinski definition) is 5. The maximum absolute atomic E-state index is 13.4. The Labute approximate surface area is 200 Å². The van der Waals surface area contributed by atoms with Crippen LogP contribution in [0.25, 0.3) is 0 Å². The van der Waals surface area contributed by atoms with Gasteiger partial charge in [0.25, 0.3) is 5.91 Å². The minimum absolute atomic E-state index is 0.0268. The fourth-order valence-electron chi connectivity index (χ4n) is 3.78. The molecule has 3 heterocycles. The maximum Gasteiger partial charge on any atom is 0.416 e. The molecule has 2 aliphatic rings. The molecular weight excluding hydrogens is 467 g/mol. The maximum atomic E-state index is 13.4. The molecule has 1 aromatic heterocycles. The molecule has 0 aliphatic carbocycles. The lowest BCUT2D eigenvalue weighted by molar-refractivity contribution is -0.137. The summed E-state index contributed by atoms with van der Waals surface area (Å²) in [7, 11) is 0. The van der Waals surface area contributed by atoms with Crippen LogP contribution < -0.4 is 14.9 Å². The molecule has 2 aliphatic heterocycles. The van der Waals surface area contributed by atoms with E-state index in [1.54, 1.807) is 0 Å². The van der Waals surface area contributed by atoms with E-state index in [4.69, 9.17) is 9.47 Å². The normalized spacial score (nSPS) is 21.5. The van der Waals surface area contributed by atoms with Gasteiger partial charge >= 0.3 is 6.18 Å². The number of aromatic nitrogens is 1. The van der Waals surface area contributed by atoms with Crippen molar-refractivity contribution in [3.63, 3.8) is 0 Å². The predicted molar refractivity (Wildman–Crippen MR) is 123 cm³/mol. The van der Waals surface area contributed by atoms with Crippen LogP contribution in [-0.2, 0) is 22.9 Å². The van der Waals surface area contributed by atoms with Crippen molar-refractivity contribution in [2.75, 3.05) is 19.8 Å². The average Bonchev–Trinajstić information content (AvgIpc) is 3.36. The highest BCUT2D eigenvalue weighted by molar-refractivity contribution is 7.09. The van der Waals surface area contributed by atoms with Crippen LogP contribution in [0.4, 0.5) is 13.2 Å². The Morgan fingerprint density at radius 1 is 1.29 bits per heavy atom. The first kappa shape index (κ1) is 24.9. The van der Waals surface area contributed by atoms with Crippen LogP contribution >= 0.6 is 11.3 Å². The van der Waals surface area contributed by atoms with E-state index < -0.39 is 17.6 Å². The molecule has 6 nitrogen and oxygen atoms in total. The van der Waals surface area contributed by atoms with Gasteiger partial charge in [-0.2, -0.15) is 18.2 Å². The Morgan fingerprint density at radius 2 is 2.06 bits per heavy atom. The lowest BCUT2D eigenvalue weighted by Crippen LogP contribution is -2.46. The fourth-order valence-corrected chi connectivity index (χ4v) is 4.84. The van der Waals surface area contributed by atoms with Crippen molar-refractivity contribution in [2.45, 2.75) is 70.3 Å². The van der Waals surface area contributed by atoms with E-state index >= 15 is 0 Å². The second-order valence-corrected chi connectivity index (χ2v) is 10.8. The molecular formula is C24H30F3N3O3S. The SMILES string of the molecule is CC(C)(C)c1cn(C[C@H]2CCCO2)c(=NC(=O)c2cc(C(F)(F)F)ccc2OC[C@H]2CCN2)s1. The van der Waals surface area contributed by atoms with Crippen molar-refractivity contribution in [1.29, 1.82) is 0 Å². The van der Waals surface area contributed by atoms with Crippen molar-refractivity contribution >= 4 is 17.2 Å². The van der Waals surface area contributed by atoms with Crippen molar-refractivity contribution < 1.29 is 27.4 Å². The number of benzene rings is 1. The molecule has 1 amide bonds. The number of thiazole rings is 1. The standard InChI is InChI=1S/C24H30F3N3O3S/c1-23(2,3)20-13-30(12-17-5-4-10-32-17)22(34-20)29-21(31)18-11-15(24(25,26)27)6-7-19(18)33-14-16-8-9-28-16/h6-7,11,13,16-17,28H,4-5,8-10,12,14H2,1-3H3/t16-,17-/m1/s1. The molecule has 1 aromatic carbocycles. The van der Waals surface area contributed by atoms with Crippen LogP contribution in [0.2, 0.25) is 0 Å². The minimum Gasteiger partial charge on any atom is -0.491 e. The van der Waals surface area contributed by atoms with Crippen LogP contribution in [0, 0.1) is 0 Å². The van der Waals surface area contributed by atoms with Crippen molar-refractivity contribution in [2.24, 2.45) is 4.99 Å². The second kappa shape index (κ2) is 9.83. The fraction of sp³-hybridized carbons (Fsp3) is 0.583. The predicted octanol–water partition coefficient (Wildman–Crippen LogP) is 4.53. The number of alkyl halides is 3. The summed E-state index contributed by atoms with van der Waals surface area (Å²) in [4.78, 5) is 19.0. The number of nitrogens with zero attached hydrogens (tertiary/aromatic N) is 2. The smallest absolute Gasteiger partial charge is 0.416 e. The molecule has 10 heteroatoms. The molecule has 0 spiro atoms. The van der Waals surface area contributed by atoms with Crippen LogP contribution in [0.3, 0.4) is 0 Å². The van der Waals surface area contributed by atoms with Gasteiger partial charge in [-0.15, -0.1) is 11.3 Å². The van der Waals surface area contributed by atoms with E-state index in [1.165, 1.54) is 17.4 Å². The van der Waals surface area contributed by atoms with E-state index in [0.717, 1.165) is 42.8 Å². The van der Waals surface area contributed by atoms with E-state index in [2.05, 4.69) is 31.1 Å². The van der Waals surface area contributed by atoms with Gasteiger partial charge in [-0.25, -0.2) is 0 Å². The van der Waals surface area contributed by atoms with Crippen molar-refractivity contribution in [1.82, 2.24) is 9.88 Å². The summed E-state index contributed by atoms with van der Waals surface area (Å²) in [5, 5.41) is 3.17. The molecule has 186 valence electrons. The second-order valence-electron chi connectivity index (χ2n) is 9.79. The van der Waals surface area contributed by atoms with E-state index in [-0.39, 0.29) is 35.5 Å². The molecule has 2 saturated heterocycles. The monoisotopic (exact) mass is 497 g/mol. The van der Waals surface area contributed by atoms with Gasteiger partial charge in [-0.3, -0.25) is 4.79 Å². The quantitative estimate of drug-likeness (QED) is 0.637. The highest BCUT2D eigenvalue weighted by Crippen LogP contribution is 2.33. The zero-order valence-corrected chi connectivity index (χ0v) is 20.4. The Balaban J connectivity index is 1.70. The molecule has 0 saturated carbocycles. The minimum atomic E-state index is -4.58. The number of amides is 1. The summed E-state index contributed by atoms with van der Waals surface area (Å²) >= 11 is 1.37. The first-order valence-electron chi connectivity index (χ1n) is 11.5. The van der Waals surface area contributed by atoms with E-state index in [9.17, 15) is 18.0 Å². The molecule has 2 atom stereocenters. The zero-order chi connectivity index (χ0) is 24.5. The van der Waals surface area contributed by atoms with Gasteiger partial charge in [-0.05, 0) is 49.4 Å². The van der Waals surface area contributed by atoms with Crippen LogP contribution in [0.5, 0.6) is 5.75 Å². The Hall–Kier alpha value is -2.17. The van der Waals surface area contributed by atoms with E-state index in [1.807, 2.05) is 10.8 Å². The highest BCUT2D eigenvalue weighted by Gasteiger charge is 2.32. The summed E-state index contributed by atoms with van der Waals surface area (Å²) in [6.45, 7) is 8.58. The lowest BCUT2D eigenvalue weighted by Gasteiger charge is -2.27.